The molecule has 21 nitrogen and oxygen atoms in total. The van der Waals surface area contributed by atoms with E-state index < -0.39 is 15.8 Å². The average Bonchev–Trinajstić information content (AvgIpc) is 3.45. The van der Waals surface area contributed by atoms with Crippen LogP contribution in [-0.4, -0.2) is 156 Å². The van der Waals surface area contributed by atoms with Crippen molar-refractivity contribution in [2.24, 2.45) is 0 Å². The van der Waals surface area contributed by atoms with Gasteiger partial charge in [-0.2, -0.15) is 0 Å². The molecule has 5 aromatic rings. The summed E-state index contributed by atoms with van der Waals surface area (Å²) in [7, 11) is 0. The van der Waals surface area contributed by atoms with Gasteiger partial charge in [-0.3, -0.25) is 29.8 Å². The van der Waals surface area contributed by atoms with Gasteiger partial charge in [-0.05, 0) is 108 Å². The molecule has 0 atom stereocenters. The summed E-state index contributed by atoms with van der Waals surface area (Å²) in [6.45, 7) is 7.29. The largest absolute Gasteiger partial charge is 0.508 e. The Kier molecular flexibility index (Phi) is 44.1. The van der Waals surface area contributed by atoms with E-state index >= 15 is 0 Å². The standard InChI is InChI=1S/C22H24N2O8.C20H22O7.C7H6O2.C6H12Cl2O2.2CH4/c25-23(26)11-9-19-1-5-21(6-2-19)31-17-15-29-13-14-30-16-18-32-22-7-3-20(4-8-22)10-12-24(27)28;21-15-16-1-5-18(6-2-16)26-13-11-24-9-10-25-12-14-27-19-7-3-17(4-8-19)20(22)23;8-5-6-1-3-7(9)4-2-6;7-1-3-9-5-6-10-4-2-8;;/h1-12H,13-18H2;1-8,15H,9-14H2,(H,22,23);1-5,9H;1-6H2;2*1H4/b11-9+,12-10+;;;;;. The molecule has 80 heavy (non-hydrogen) atoms. The molecule has 0 aliphatic heterocycles. The molecule has 0 amide bonds. The van der Waals surface area contributed by atoms with Crippen LogP contribution in [-0.2, 0) is 28.4 Å². The predicted molar refractivity (Wildman–Crippen MR) is 305 cm³/mol. The van der Waals surface area contributed by atoms with E-state index in [1.807, 2.05) is 0 Å². The van der Waals surface area contributed by atoms with E-state index in [1.165, 1.54) is 36.4 Å². The van der Waals surface area contributed by atoms with E-state index in [4.69, 9.17) is 80.8 Å². The minimum Gasteiger partial charge on any atom is -0.508 e. The molecule has 0 fully saturated rings. The topological polar surface area (TPSA) is 270 Å². The number of rotatable bonds is 36. The van der Waals surface area contributed by atoms with Crippen LogP contribution < -0.4 is 18.9 Å². The van der Waals surface area contributed by atoms with Gasteiger partial charge in [0, 0.05) is 35.0 Å². The third kappa shape index (κ3) is 39.0. The third-order valence-corrected chi connectivity index (χ3v) is 9.54. The zero-order valence-electron chi connectivity index (χ0n) is 42.7. The van der Waals surface area contributed by atoms with Crippen molar-refractivity contribution < 1.29 is 81.8 Å². The normalized spacial score (nSPS) is 10.2. The van der Waals surface area contributed by atoms with Gasteiger partial charge in [0.15, 0.2) is 0 Å². The number of phenols is 1. The first-order chi connectivity index (χ1) is 38.0. The Balaban J connectivity index is 0.00000116. The number of ether oxygens (including phenoxy) is 10. The summed E-state index contributed by atoms with van der Waals surface area (Å²) in [6.07, 6.45) is 6.11. The van der Waals surface area contributed by atoms with E-state index in [-0.39, 0.29) is 26.2 Å². The second-order valence-electron chi connectivity index (χ2n) is 15.0. The number of hydrogen-bond acceptors (Lipinski definition) is 18. The zero-order chi connectivity index (χ0) is 56.7. The maximum absolute atomic E-state index is 10.7. The zero-order valence-corrected chi connectivity index (χ0v) is 44.2. The summed E-state index contributed by atoms with van der Waals surface area (Å²) in [5, 5.41) is 38.1. The highest BCUT2D eigenvalue weighted by Gasteiger charge is 2.03. The number of carboxylic acids is 1. The molecule has 23 heteroatoms. The van der Waals surface area contributed by atoms with Gasteiger partial charge in [-0.15, -0.1) is 23.2 Å². The van der Waals surface area contributed by atoms with Gasteiger partial charge >= 0.3 is 5.97 Å². The molecule has 0 aliphatic carbocycles. The van der Waals surface area contributed by atoms with Crippen molar-refractivity contribution in [2.45, 2.75) is 14.9 Å². The number of carboxylic acid groups (broad SMARTS) is 1. The number of aromatic carboxylic acids is 1. The van der Waals surface area contributed by atoms with E-state index in [9.17, 15) is 34.6 Å². The fraction of sp³-hybridized carbons (Fsp3) is 0.351. The minimum atomic E-state index is -0.967. The number of aldehydes is 2. The van der Waals surface area contributed by atoms with Crippen LogP contribution in [0.1, 0.15) is 57.1 Å². The molecule has 0 spiro atoms. The molecule has 0 aliphatic rings. The minimum absolute atomic E-state index is 0. The average molecular weight is 1160 g/mol. The summed E-state index contributed by atoms with van der Waals surface area (Å²) in [5.74, 6) is 2.88. The summed E-state index contributed by atoms with van der Waals surface area (Å²) in [4.78, 5) is 50.9. The van der Waals surface area contributed by atoms with Crippen molar-refractivity contribution in [2.75, 3.05) is 117 Å². The van der Waals surface area contributed by atoms with E-state index in [2.05, 4.69) is 0 Å². The first kappa shape index (κ1) is 72.5. The molecule has 0 heterocycles. The van der Waals surface area contributed by atoms with Crippen LogP contribution in [0.5, 0.6) is 28.7 Å². The van der Waals surface area contributed by atoms with Crippen LogP contribution in [0, 0.1) is 20.2 Å². The van der Waals surface area contributed by atoms with Gasteiger partial charge < -0.3 is 57.6 Å². The van der Waals surface area contributed by atoms with Crippen LogP contribution in [0.2, 0.25) is 0 Å². The van der Waals surface area contributed by atoms with E-state index in [0.29, 0.717) is 163 Å². The molecule has 0 unspecified atom stereocenters. The van der Waals surface area contributed by atoms with Gasteiger partial charge in [0.2, 0.25) is 12.4 Å². The maximum Gasteiger partial charge on any atom is 0.335 e. The molecule has 0 aromatic heterocycles. The number of nitro groups is 2. The van der Waals surface area contributed by atoms with Crippen LogP contribution in [0.3, 0.4) is 0 Å². The highest BCUT2D eigenvalue weighted by Crippen LogP contribution is 2.16. The molecule has 5 aromatic carbocycles. The highest BCUT2D eigenvalue weighted by atomic mass is 35.5. The first-order valence-electron chi connectivity index (χ1n) is 24.0. The van der Waals surface area contributed by atoms with E-state index in [0.717, 1.165) is 25.0 Å². The molecule has 0 radical (unpaired) electrons. The van der Waals surface area contributed by atoms with Crippen LogP contribution in [0.15, 0.2) is 134 Å². The maximum atomic E-state index is 10.7. The number of alkyl halides is 2. The van der Waals surface area contributed by atoms with Crippen LogP contribution in [0.25, 0.3) is 12.2 Å². The molecule has 0 saturated carbocycles. The molecule has 5 rings (SSSR count). The molecule has 438 valence electrons. The molecular weight excluding hydrogens is 1090 g/mol. The predicted octanol–water partition coefficient (Wildman–Crippen LogP) is 10.3. The number of phenolic OH excluding ortho intramolecular Hbond substituents is 1. The van der Waals surface area contributed by atoms with Crippen molar-refractivity contribution in [1.29, 1.82) is 0 Å². The number of nitrogens with zero attached hydrogens (tertiary/aromatic N) is 2. The van der Waals surface area contributed by atoms with Crippen molar-refractivity contribution in [3.63, 3.8) is 0 Å². The summed E-state index contributed by atoms with van der Waals surface area (Å²) < 4.78 is 53.7. The van der Waals surface area contributed by atoms with Gasteiger partial charge in [0.25, 0.3) is 0 Å². The Morgan fingerprint density at radius 1 is 0.412 bits per heavy atom. The number of carbonyl (C=O) groups is 3. The molecule has 2 N–H and O–H groups in total. The Hall–Kier alpha value is -7.47. The molecule has 0 saturated heterocycles. The number of carbonyl (C=O) groups excluding carboxylic acids is 2. The lowest BCUT2D eigenvalue weighted by Crippen LogP contribution is -2.13. The summed E-state index contributed by atoms with van der Waals surface area (Å²) >= 11 is 10.7. The number of hydrogen-bond donors (Lipinski definition) is 2. The Labute approximate surface area is 476 Å². The lowest BCUT2D eigenvalue weighted by molar-refractivity contribution is -0.401. The molecule has 0 bridgehead atoms. The van der Waals surface area contributed by atoms with Gasteiger partial charge in [-0.1, -0.05) is 39.1 Å². The van der Waals surface area contributed by atoms with Crippen molar-refractivity contribution in [1.82, 2.24) is 0 Å². The van der Waals surface area contributed by atoms with E-state index in [1.54, 1.807) is 97.1 Å². The fourth-order valence-corrected chi connectivity index (χ4v) is 5.70. The van der Waals surface area contributed by atoms with Crippen molar-refractivity contribution in [3.8, 4) is 28.7 Å². The van der Waals surface area contributed by atoms with Crippen molar-refractivity contribution in [3.05, 3.63) is 182 Å². The van der Waals surface area contributed by atoms with Gasteiger partial charge in [0.1, 0.15) is 67.7 Å². The highest BCUT2D eigenvalue weighted by molar-refractivity contribution is 6.18. The third-order valence-electron chi connectivity index (χ3n) is 9.23. The fourth-order valence-electron chi connectivity index (χ4n) is 5.48. The Morgan fingerprint density at radius 3 is 0.925 bits per heavy atom. The first-order valence-corrected chi connectivity index (χ1v) is 25.1. The lowest BCUT2D eigenvalue weighted by Gasteiger charge is -2.09. The lowest BCUT2D eigenvalue weighted by atomic mass is 10.2. The van der Waals surface area contributed by atoms with Crippen LogP contribution in [0.4, 0.5) is 0 Å². The number of benzene rings is 5. The quantitative estimate of drug-likeness (QED) is 0.0124. The summed E-state index contributed by atoms with van der Waals surface area (Å²) in [6, 6.07) is 33.0. The Bertz CT molecular complexity index is 2350. The van der Waals surface area contributed by atoms with Gasteiger partial charge in [-0.25, -0.2) is 4.79 Å². The second-order valence-corrected chi connectivity index (χ2v) is 15.8. The van der Waals surface area contributed by atoms with Crippen molar-refractivity contribution >= 4 is 53.9 Å². The monoisotopic (exact) mass is 1160 g/mol. The second kappa shape index (κ2) is 48.6. The number of aromatic hydroxyl groups is 1. The summed E-state index contributed by atoms with van der Waals surface area (Å²) in [5.41, 5.74) is 2.84. The number of halogens is 2. The van der Waals surface area contributed by atoms with Gasteiger partial charge in [0.05, 0.1) is 94.7 Å². The smallest absolute Gasteiger partial charge is 0.335 e. The Morgan fingerprint density at radius 2 is 0.662 bits per heavy atom. The molecular formula is C57H72Cl2N2O19. The van der Waals surface area contributed by atoms with Crippen LogP contribution >= 0.6 is 23.2 Å². The SMILES string of the molecule is C.C.ClCCOCCOCCCl.O=Cc1ccc(O)cc1.O=Cc1ccc(OCCOCCOCCOc2ccc(C(=O)O)cc2)cc1.O=[N+]([O-])/C=C/c1ccc(OCCOCCOCCOc2ccc(/C=C/[N+](=O)[O-])cc2)cc1.